The zero-order valence-corrected chi connectivity index (χ0v) is 9.80. The van der Waals surface area contributed by atoms with Gasteiger partial charge in [0.15, 0.2) is 0 Å². The van der Waals surface area contributed by atoms with Gasteiger partial charge in [-0.3, -0.25) is 0 Å². The van der Waals surface area contributed by atoms with Gasteiger partial charge in [0.1, 0.15) is 0 Å². The van der Waals surface area contributed by atoms with Crippen molar-refractivity contribution in [2.45, 2.75) is 71.1 Å². The van der Waals surface area contributed by atoms with E-state index in [1.54, 1.807) is 25.7 Å². The SMILES string of the molecule is CCC1CCCC(C2CCCCC2)C1. The maximum absolute atomic E-state index is 2.38. The quantitative estimate of drug-likeness (QED) is 0.593. The van der Waals surface area contributed by atoms with Crippen molar-refractivity contribution in [3.8, 4) is 0 Å². The Morgan fingerprint density at radius 3 is 2.21 bits per heavy atom. The van der Waals surface area contributed by atoms with Gasteiger partial charge in [-0.25, -0.2) is 0 Å². The van der Waals surface area contributed by atoms with Crippen LogP contribution >= 0.6 is 0 Å². The van der Waals surface area contributed by atoms with Crippen molar-refractivity contribution < 1.29 is 0 Å². The third-order valence-electron chi connectivity index (χ3n) is 4.72. The predicted octanol–water partition coefficient (Wildman–Crippen LogP) is 4.78. The van der Waals surface area contributed by atoms with E-state index in [1.807, 2.05) is 0 Å². The molecule has 0 spiro atoms. The summed E-state index contributed by atoms with van der Waals surface area (Å²) in [6, 6.07) is 0. The fraction of sp³-hybridized carbons (Fsp3) is 1.00. The largest absolute Gasteiger partial charge is 0.0651 e. The van der Waals surface area contributed by atoms with Crippen molar-refractivity contribution in [1.82, 2.24) is 0 Å². The molecule has 0 bridgehead atoms. The molecular weight excluding hydrogens is 168 g/mol. The molecule has 0 heteroatoms. The Kier molecular flexibility index (Phi) is 3.89. The lowest BCUT2D eigenvalue weighted by Gasteiger charge is -2.36. The molecule has 2 unspecified atom stereocenters. The first-order valence-electron chi connectivity index (χ1n) is 6.90. The Balaban J connectivity index is 1.83. The summed E-state index contributed by atoms with van der Waals surface area (Å²) in [5.74, 6) is 3.32. The lowest BCUT2D eigenvalue weighted by molar-refractivity contribution is 0.157. The maximum Gasteiger partial charge on any atom is -0.0383 e. The molecule has 0 aromatic rings. The summed E-state index contributed by atoms with van der Waals surface area (Å²) in [4.78, 5) is 0. The maximum atomic E-state index is 2.38. The van der Waals surface area contributed by atoms with Crippen molar-refractivity contribution in [2.24, 2.45) is 17.8 Å². The molecule has 0 amide bonds. The summed E-state index contributed by atoms with van der Waals surface area (Å²) in [6.45, 7) is 2.38. The van der Waals surface area contributed by atoms with E-state index in [9.17, 15) is 0 Å². The van der Waals surface area contributed by atoms with Crippen molar-refractivity contribution in [3.05, 3.63) is 0 Å². The van der Waals surface area contributed by atoms with E-state index in [0.29, 0.717) is 0 Å². The molecule has 2 aliphatic carbocycles. The molecule has 0 saturated heterocycles. The van der Waals surface area contributed by atoms with Crippen LogP contribution in [0.3, 0.4) is 0 Å². The highest BCUT2D eigenvalue weighted by Gasteiger charge is 2.28. The first-order valence-corrected chi connectivity index (χ1v) is 6.90. The van der Waals surface area contributed by atoms with Gasteiger partial charge in [-0.1, -0.05) is 64.7 Å². The van der Waals surface area contributed by atoms with Crippen LogP contribution in [0.1, 0.15) is 71.1 Å². The minimum Gasteiger partial charge on any atom is -0.0651 e. The minimum atomic E-state index is 1.08. The normalized spacial score (nSPS) is 35.8. The van der Waals surface area contributed by atoms with Gasteiger partial charge in [0, 0.05) is 0 Å². The monoisotopic (exact) mass is 194 g/mol. The molecule has 2 aliphatic rings. The molecule has 0 radical (unpaired) electrons. The van der Waals surface area contributed by atoms with E-state index >= 15 is 0 Å². The molecule has 0 aromatic carbocycles. The summed E-state index contributed by atoms with van der Waals surface area (Å²) in [5, 5.41) is 0. The first-order chi connectivity index (χ1) is 6.90. The van der Waals surface area contributed by atoms with Crippen LogP contribution in [0, 0.1) is 17.8 Å². The van der Waals surface area contributed by atoms with Crippen LogP contribution in [-0.2, 0) is 0 Å². The number of rotatable bonds is 2. The van der Waals surface area contributed by atoms with E-state index in [-0.39, 0.29) is 0 Å². The summed E-state index contributed by atoms with van der Waals surface area (Å²) < 4.78 is 0. The van der Waals surface area contributed by atoms with Crippen LogP contribution in [0.2, 0.25) is 0 Å². The van der Waals surface area contributed by atoms with Gasteiger partial charge in [0.05, 0.1) is 0 Å². The number of hydrogen-bond acceptors (Lipinski definition) is 0. The highest BCUT2D eigenvalue weighted by molar-refractivity contribution is 4.79. The van der Waals surface area contributed by atoms with Gasteiger partial charge in [0.25, 0.3) is 0 Å². The molecule has 0 nitrogen and oxygen atoms in total. The first kappa shape index (κ1) is 10.5. The Hall–Kier alpha value is 0. The molecule has 0 N–H and O–H groups in total. The van der Waals surface area contributed by atoms with E-state index in [2.05, 4.69) is 6.92 Å². The van der Waals surface area contributed by atoms with E-state index in [1.165, 1.54) is 38.5 Å². The second-order valence-corrected chi connectivity index (χ2v) is 5.60. The van der Waals surface area contributed by atoms with Crippen molar-refractivity contribution in [1.29, 1.82) is 0 Å². The van der Waals surface area contributed by atoms with Gasteiger partial charge in [-0.15, -0.1) is 0 Å². The highest BCUT2D eigenvalue weighted by Crippen LogP contribution is 2.40. The topological polar surface area (TPSA) is 0 Å². The molecule has 82 valence electrons. The van der Waals surface area contributed by atoms with Crippen LogP contribution < -0.4 is 0 Å². The predicted molar refractivity (Wildman–Crippen MR) is 62.3 cm³/mol. The van der Waals surface area contributed by atoms with E-state index in [0.717, 1.165) is 17.8 Å². The molecule has 0 aliphatic heterocycles. The summed E-state index contributed by atoms with van der Waals surface area (Å²) in [6.07, 6.45) is 15.3. The zero-order valence-electron chi connectivity index (χ0n) is 9.80. The Bertz CT molecular complexity index is 155. The molecule has 0 heterocycles. The van der Waals surface area contributed by atoms with Crippen LogP contribution in [-0.4, -0.2) is 0 Å². The smallest absolute Gasteiger partial charge is 0.0383 e. The third-order valence-corrected chi connectivity index (χ3v) is 4.72. The lowest BCUT2D eigenvalue weighted by atomic mass is 9.70. The van der Waals surface area contributed by atoms with Crippen LogP contribution in [0.4, 0.5) is 0 Å². The average Bonchev–Trinajstić information content (AvgIpc) is 2.30. The molecule has 2 atom stereocenters. The molecule has 14 heavy (non-hydrogen) atoms. The van der Waals surface area contributed by atoms with Crippen molar-refractivity contribution >= 4 is 0 Å². The van der Waals surface area contributed by atoms with Gasteiger partial charge in [0.2, 0.25) is 0 Å². The lowest BCUT2D eigenvalue weighted by Crippen LogP contribution is -2.24. The Morgan fingerprint density at radius 2 is 1.50 bits per heavy atom. The summed E-state index contributed by atoms with van der Waals surface area (Å²) in [5.41, 5.74) is 0. The fourth-order valence-electron chi connectivity index (χ4n) is 3.74. The molecule has 2 rings (SSSR count). The second kappa shape index (κ2) is 5.19. The van der Waals surface area contributed by atoms with Gasteiger partial charge in [-0.05, 0) is 24.2 Å². The van der Waals surface area contributed by atoms with Gasteiger partial charge >= 0.3 is 0 Å². The van der Waals surface area contributed by atoms with Crippen LogP contribution in [0.15, 0.2) is 0 Å². The standard InChI is InChI=1S/C14H26/c1-2-12-7-6-10-14(11-12)13-8-4-3-5-9-13/h12-14H,2-11H2,1H3. The average molecular weight is 194 g/mol. The molecule has 0 aromatic heterocycles. The number of hydrogen-bond donors (Lipinski definition) is 0. The summed E-state index contributed by atoms with van der Waals surface area (Å²) in [7, 11) is 0. The zero-order chi connectivity index (χ0) is 9.80. The third kappa shape index (κ3) is 2.52. The molecule has 2 saturated carbocycles. The Labute approximate surface area is 89.5 Å². The van der Waals surface area contributed by atoms with E-state index < -0.39 is 0 Å². The minimum absolute atomic E-state index is 1.08. The summed E-state index contributed by atoms with van der Waals surface area (Å²) >= 11 is 0. The fourth-order valence-corrected chi connectivity index (χ4v) is 3.74. The molecule has 2 fully saturated rings. The van der Waals surface area contributed by atoms with Crippen LogP contribution in [0.5, 0.6) is 0 Å². The Morgan fingerprint density at radius 1 is 0.786 bits per heavy atom. The van der Waals surface area contributed by atoms with E-state index in [4.69, 9.17) is 0 Å². The van der Waals surface area contributed by atoms with Crippen molar-refractivity contribution in [3.63, 3.8) is 0 Å². The van der Waals surface area contributed by atoms with Gasteiger partial charge < -0.3 is 0 Å². The van der Waals surface area contributed by atoms with Gasteiger partial charge in [-0.2, -0.15) is 0 Å². The second-order valence-electron chi connectivity index (χ2n) is 5.60. The van der Waals surface area contributed by atoms with Crippen LogP contribution in [0.25, 0.3) is 0 Å². The highest BCUT2D eigenvalue weighted by atomic mass is 14.3. The molecular formula is C14H26. The van der Waals surface area contributed by atoms with Crippen molar-refractivity contribution in [2.75, 3.05) is 0 Å².